The Morgan fingerprint density at radius 3 is 2.60 bits per heavy atom. The highest BCUT2D eigenvalue weighted by molar-refractivity contribution is 5.80. The quantitative estimate of drug-likeness (QED) is 0.393. The molecule has 9 heteroatoms. The van der Waals surface area contributed by atoms with E-state index >= 15 is 0 Å². The maximum Gasteiger partial charge on any atom is 0.252 e. The number of fused-ring (bicyclic) bond motifs is 1. The lowest BCUT2D eigenvalue weighted by atomic mass is 10.1. The molecule has 2 aromatic carbocycles. The number of tetrazole rings is 1. The molecule has 0 saturated heterocycles. The van der Waals surface area contributed by atoms with E-state index in [9.17, 15) is 4.79 Å². The normalized spacial score (nSPS) is 14.1. The zero-order chi connectivity index (χ0) is 24.2. The number of aromatic amines is 1. The van der Waals surface area contributed by atoms with Crippen molar-refractivity contribution in [3.05, 3.63) is 75.8 Å². The number of pyridine rings is 1. The highest BCUT2D eigenvalue weighted by atomic mass is 16.5. The molecule has 1 N–H and O–H groups in total. The SMILES string of the molecule is COc1ccc2cc(CN(Cc3ccccc3OC)Cc3nnnn3C3CCCC3)c(=O)[nH]c2c1. The third-order valence-electron chi connectivity index (χ3n) is 6.71. The molecule has 1 fully saturated rings. The van der Waals surface area contributed by atoms with Gasteiger partial charge >= 0.3 is 0 Å². The second kappa shape index (κ2) is 10.3. The molecule has 4 aromatic rings. The number of rotatable bonds is 9. The van der Waals surface area contributed by atoms with Gasteiger partial charge in [-0.15, -0.1) is 5.10 Å². The molecule has 1 aliphatic carbocycles. The molecule has 0 aliphatic heterocycles. The van der Waals surface area contributed by atoms with Crippen LogP contribution in [0.25, 0.3) is 10.9 Å². The standard InChI is InChI=1S/C26H30N6O3/c1-34-22-12-11-18-13-20(26(33)27-23(18)14-22)16-31(15-19-7-3-6-10-24(19)35-2)17-25-28-29-30-32(25)21-8-4-5-9-21/h3,6-7,10-14,21H,4-5,8-9,15-17H2,1-2H3,(H,27,33). The van der Waals surface area contributed by atoms with Crippen molar-refractivity contribution in [2.24, 2.45) is 0 Å². The van der Waals surface area contributed by atoms with Gasteiger partial charge in [-0.2, -0.15) is 0 Å². The van der Waals surface area contributed by atoms with Gasteiger partial charge in [-0.25, -0.2) is 4.68 Å². The average molecular weight is 475 g/mol. The Kier molecular flexibility index (Phi) is 6.76. The molecule has 0 atom stereocenters. The number of benzene rings is 2. The molecule has 0 spiro atoms. The van der Waals surface area contributed by atoms with Gasteiger partial charge in [0.15, 0.2) is 5.82 Å². The smallest absolute Gasteiger partial charge is 0.252 e. The minimum Gasteiger partial charge on any atom is -0.497 e. The Bertz CT molecular complexity index is 1360. The summed E-state index contributed by atoms with van der Waals surface area (Å²) in [6.45, 7) is 1.54. The van der Waals surface area contributed by atoms with Crippen LogP contribution in [-0.2, 0) is 19.6 Å². The zero-order valence-electron chi connectivity index (χ0n) is 20.1. The number of hydrogen-bond donors (Lipinski definition) is 1. The predicted molar refractivity (Wildman–Crippen MR) is 132 cm³/mol. The third kappa shape index (κ3) is 5.05. The van der Waals surface area contributed by atoms with E-state index in [0.29, 0.717) is 37.0 Å². The van der Waals surface area contributed by atoms with Crippen LogP contribution in [0.5, 0.6) is 11.5 Å². The molecule has 0 bridgehead atoms. The van der Waals surface area contributed by atoms with Crippen LogP contribution in [0.1, 0.15) is 48.7 Å². The van der Waals surface area contributed by atoms with Crippen molar-refractivity contribution < 1.29 is 9.47 Å². The minimum absolute atomic E-state index is 0.119. The molecule has 182 valence electrons. The van der Waals surface area contributed by atoms with Gasteiger partial charge in [-0.3, -0.25) is 9.69 Å². The largest absolute Gasteiger partial charge is 0.497 e. The molecule has 9 nitrogen and oxygen atoms in total. The van der Waals surface area contributed by atoms with Crippen LogP contribution in [-0.4, -0.2) is 44.3 Å². The Hall–Kier alpha value is -3.72. The van der Waals surface area contributed by atoms with Crippen LogP contribution in [0, 0.1) is 0 Å². The fraction of sp³-hybridized carbons (Fsp3) is 0.385. The molecule has 2 aromatic heterocycles. The fourth-order valence-electron chi connectivity index (χ4n) is 4.90. The highest BCUT2D eigenvalue weighted by Crippen LogP contribution is 2.30. The molecular formula is C26H30N6O3. The molecule has 0 amide bonds. The first kappa shape index (κ1) is 23.0. The number of nitrogens with one attached hydrogen (secondary N) is 1. The lowest BCUT2D eigenvalue weighted by Gasteiger charge is -2.23. The van der Waals surface area contributed by atoms with Crippen LogP contribution >= 0.6 is 0 Å². The minimum atomic E-state index is -0.119. The van der Waals surface area contributed by atoms with E-state index in [1.165, 1.54) is 12.8 Å². The van der Waals surface area contributed by atoms with Crippen molar-refractivity contribution in [3.8, 4) is 11.5 Å². The van der Waals surface area contributed by atoms with E-state index < -0.39 is 0 Å². The van der Waals surface area contributed by atoms with Gasteiger partial charge in [0.2, 0.25) is 0 Å². The van der Waals surface area contributed by atoms with Crippen LogP contribution < -0.4 is 15.0 Å². The lowest BCUT2D eigenvalue weighted by molar-refractivity contribution is 0.228. The van der Waals surface area contributed by atoms with E-state index in [1.807, 2.05) is 53.2 Å². The average Bonchev–Trinajstić information content (AvgIpc) is 3.56. The van der Waals surface area contributed by atoms with Crippen molar-refractivity contribution in [1.82, 2.24) is 30.1 Å². The molecule has 5 rings (SSSR count). The molecule has 1 saturated carbocycles. The molecule has 35 heavy (non-hydrogen) atoms. The summed E-state index contributed by atoms with van der Waals surface area (Å²) in [5, 5.41) is 13.6. The van der Waals surface area contributed by atoms with E-state index in [2.05, 4.69) is 25.4 Å². The Morgan fingerprint density at radius 2 is 1.80 bits per heavy atom. The van der Waals surface area contributed by atoms with E-state index in [4.69, 9.17) is 9.47 Å². The van der Waals surface area contributed by atoms with Crippen LogP contribution in [0.3, 0.4) is 0 Å². The third-order valence-corrected chi connectivity index (χ3v) is 6.71. The lowest BCUT2D eigenvalue weighted by Crippen LogP contribution is -2.28. The van der Waals surface area contributed by atoms with Gasteiger partial charge in [0.05, 0.1) is 32.3 Å². The zero-order valence-corrected chi connectivity index (χ0v) is 20.1. The number of methoxy groups -OCH3 is 2. The van der Waals surface area contributed by atoms with E-state index in [0.717, 1.165) is 40.9 Å². The second-order valence-electron chi connectivity index (χ2n) is 9.01. The van der Waals surface area contributed by atoms with Crippen molar-refractivity contribution in [2.75, 3.05) is 14.2 Å². The first-order valence-electron chi connectivity index (χ1n) is 12.0. The molecule has 1 aliphatic rings. The summed E-state index contributed by atoms with van der Waals surface area (Å²) in [4.78, 5) is 18.2. The van der Waals surface area contributed by atoms with Crippen molar-refractivity contribution in [1.29, 1.82) is 0 Å². The molecule has 0 unspecified atom stereocenters. The van der Waals surface area contributed by atoms with E-state index in [1.54, 1.807) is 14.2 Å². The van der Waals surface area contributed by atoms with Crippen LogP contribution in [0.15, 0.2) is 53.3 Å². The maximum absolute atomic E-state index is 13.0. The van der Waals surface area contributed by atoms with Gasteiger partial charge in [-0.1, -0.05) is 31.0 Å². The summed E-state index contributed by atoms with van der Waals surface area (Å²) >= 11 is 0. The van der Waals surface area contributed by atoms with Crippen LogP contribution in [0.2, 0.25) is 0 Å². The Labute approximate surface area is 203 Å². The van der Waals surface area contributed by atoms with Crippen molar-refractivity contribution in [3.63, 3.8) is 0 Å². The Morgan fingerprint density at radius 1 is 1.00 bits per heavy atom. The number of aromatic nitrogens is 5. The number of nitrogens with zero attached hydrogens (tertiary/aromatic N) is 5. The fourth-order valence-corrected chi connectivity index (χ4v) is 4.90. The number of hydrogen-bond acceptors (Lipinski definition) is 7. The first-order valence-corrected chi connectivity index (χ1v) is 12.0. The summed E-state index contributed by atoms with van der Waals surface area (Å²) in [6, 6.07) is 15.9. The van der Waals surface area contributed by atoms with Crippen molar-refractivity contribution >= 4 is 10.9 Å². The number of H-pyrrole nitrogens is 1. The monoisotopic (exact) mass is 474 g/mol. The molecular weight excluding hydrogens is 444 g/mol. The summed E-state index contributed by atoms with van der Waals surface area (Å²) in [7, 11) is 3.29. The number of para-hydroxylation sites is 1. The topological polar surface area (TPSA) is 98.2 Å². The first-order chi connectivity index (χ1) is 17.1. The van der Waals surface area contributed by atoms with Gasteiger partial charge in [-0.05, 0) is 52.9 Å². The summed E-state index contributed by atoms with van der Waals surface area (Å²) in [6.07, 6.45) is 4.59. The number of ether oxygens (including phenoxy) is 2. The maximum atomic E-state index is 13.0. The summed E-state index contributed by atoms with van der Waals surface area (Å²) in [5.41, 5.74) is 2.35. The molecule has 0 radical (unpaired) electrons. The summed E-state index contributed by atoms with van der Waals surface area (Å²) in [5.74, 6) is 2.33. The van der Waals surface area contributed by atoms with Gasteiger partial charge in [0.25, 0.3) is 5.56 Å². The molecule has 2 heterocycles. The Balaban J connectivity index is 1.47. The summed E-state index contributed by atoms with van der Waals surface area (Å²) < 4.78 is 12.9. The van der Waals surface area contributed by atoms with E-state index in [-0.39, 0.29) is 5.56 Å². The second-order valence-corrected chi connectivity index (χ2v) is 9.01. The highest BCUT2D eigenvalue weighted by Gasteiger charge is 2.23. The predicted octanol–water partition coefficient (Wildman–Crippen LogP) is 3.85. The van der Waals surface area contributed by atoms with Gasteiger partial charge in [0.1, 0.15) is 11.5 Å². The van der Waals surface area contributed by atoms with Gasteiger partial charge in [0, 0.05) is 30.3 Å². The van der Waals surface area contributed by atoms with Gasteiger partial charge < -0.3 is 14.5 Å². The van der Waals surface area contributed by atoms with Crippen molar-refractivity contribution in [2.45, 2.75) is 51.4 Å². The van der Waals surface area contributed by atoms with Crippen LogP contribution in [0.4, 0.5) is 0 Å².